The number of rotatable bonds is 5. The van der Waals surface area contributed by atoms with Crippen LogP contribution in [0.15, 0.2) is 53.6 Å². The van der Waals surface area contributed by atoms with Gasteiger partial charge in [0.1, 0.15) is 0 Å². The molecule has 0 bridgehead atoms. The largest absolute Gasteiger partial charge is 0.437 e. The van der Waals surface area contributed by atoms with Crippen molar-refractivity contribution in [1.82, 2.24) is 15.3 Å². The summed E-state index contributed by atoms with van der Waals surface area (Å²) >= 11 is 0. The van der Waals surface area contributed by atoms with Gasteiger partial charge >= 0.3 is 6.03 Å². The van der Waals surface area contributed by atoms with Crippen LogP contribution >= 0.6 is 0 Å². The number of nitrogens with one attached hydrogen (secondary N) is 1. The summed E-state index contributed by atoms with van der Waals surface area (Å²) in [6.07, 6.45) is 7.07. The number of nitrogens with zero attached hydrogens (tertiary/aromatic N) is 3. The molecule has 0 saturated heterocycles. The van der Waals surface area contributed by atoms with Crippen LogP contribution in [0.3, 0.4) is 0 Å². The van der Waals surface area contributed by atoms with E-state index in [0.29, 0.717) is 24.7 Å². The van der Waals surface area contributed by atoms with E-state index >= 15 is 0 Å². The van der Waals surface area contributed by atoms with Gasteiger partial charge in [0.25, 0.3) is 0 Å². The topological polar surface area (TPSA) is 101 Å². The Kier molecular flexibility index (Phi) is 6.20. The van der Waals surface area contributed by atoms with Crippen molar-refractivity contribution >= 4 is 21.6 Å². The number of anilines is 1. The zero-order valence-electron chi connectivity index (χ0n) is 20.7. The van der Waals surface area contributed by atoms with Gasteiger partial charge in [-0.3, -0.25) is 9.88 Å². The van der Waals surface area contributed by atoms with Crippen LogP contribution in [-0.4, -0.2) is 37.2 Å². The standard InChI is InChI=1S/C27H30N4O4S/c1-18-14-19(2)28-16-23(18)35-24-11-10-22-25(30-24)27(12-4-5-13-27)17-31(22)26(32)29-15-20-6-8-21(9-7-20)36(3,33)34/h6-11,14,16H,4-5,12-13,15,17H2,1-3H3,(H,29,32). The van der Waals surface area contributed by atoms with Gasteiger partial charge in [-0.1, -0.05) is 25.0 Å². The minimum Gasteiger partial charge on any atom is -0.437 e. The molecule has 8 nitrogen and oxygen atoms in total. The van der Waals surface area contributed by atoms with Crippen molar-refractivity contribution in [3.8, 4) is 11.6 Å². The number of carbonyl (C=O) groups is 1. The first kappa shape index (κ1) is 24.2. The molecule has 1 aliphatic carbocycles. The third-order valence-electron chi connectivity index (χ3n) is 7.12. The highest BCUT2D eigenvalue weighted by atomic mass is 32.2. The lowest BCUT2D eigenvalue weighted by atomic mass is 9.84. The number of aromatic nitrogens is 2. The fraction of sp³-hybridized carbons (Fsp3) is 0.370. The summed E-state index contributed by atoms with van der Waals surface area (Å²) in [6.45, 7) is 4.81. The maximum Gasteiger partial charge on any atom is 0.322 e. The fourth-order valence-electron chi connectivity index (χ4n) is 5.22. The number of sulfone groups is 1. The Balaban J connectivity index is 1.36. The summed E-state index contributed by atoms with van der Waals surface area (Å²) < 4.78 is 29.5. The normalized spacial score (nSPS) is 16.2. The molecule has 5 rings (SSSR count). The van der Waals surface area contributed by atoms with Crippen LogP contribution in [-0.2, 0) is 21.8 Å². The second-order valence-electron chi connectivity index (χ2n) is 9.86. The lowest BCUT2D eigenvalue weighted by Crippen LogP contribution is -2.41. The summed E-state index contributed by atoms with van der Waals surface area (Å²) in [6, 6.07) is 12.1. The molecule has 1 aromatic carbocycles. The zero-order valence-corrected chi connectivity index (χ0v) is 21.6. The number of benzene rings is 1. The van der Waals surface area contributed by atoms with Crippen molar-refractivity contribution in [3.63, 3.8) is 0 Å². The molecule has 2 amide bonds. The van der Waals surface area contributed by atoms with Crippen molar-refractivity contribution in [3.05, 3.63) is 71.2 Å². The molecule has 9 heteroatoms. The van der Waals surface area contributed by atoms with Crippen molar-refractivity contribution in [1.29, 1.82) is 0 Å². The second kappa shape index (κ2) is 9.20. The Bertz CT molecular complexity index is 1410. The van der Waals surface area contributed by atoms with Gasteiger partial charge < -0.3 is 10.1 Å². The molecule has 3 aromatic rings. The first-order valence-electron chi connectivity index (χ1n) is 12.1. The number of fused-ring (bicyclic) bond motifs is 2. The van der Waals surface area contributed by atoms with E-state index in [2.05, 4.69) is 10.3 Å². The fourth-order valence-corrected chi connectivity index (χ4v) is 5.85. The molecule has 1 aliphatic heterocycles. The van der Waals surface area contributed by atoms with Crippen LogP contribution in [0.25, 0.3) is 0 Å². The summed E-state index contributed by atoms with van der Waals surface area (Å²) in [5, 5.41) is 2.98. The molecular formula is C27H30N4O4S. The minimum absolute atomic E-state index is 0.163. The van der Waals surface area contributed by atoms with E-state index in [0.717, 1.165) is 53.9 Å². The van der Waals surface area contributed by atoms with E-state index in [4.69, 9.17) is 9.72 Å². The molecule has 0 atom stereocenters. The highest BCUT2D eigenvalue weighted by Gasteiger charge is 2.48. The molecule has 1 N–H and O–H groups in total. The van der Waals surface area contributed by atoms with Crippen molar-refractivity contribution in [2.24, 2.45) is 0 Å². The summed E-state index contributed by atoms with van der Waals surface area (Å²) in [7, 11) is -3.25. The predicted molar refractivity (Wildman–Crippen MR) is 137 cm³/mol. The first-order chi connectivity index (χ1) is 17.1. The number of aryl methyl sites for hydroxylation is 2. The molecule has 1 spiro atoms. The lowest BCUT2D eigenvalue weighted by molar-refractivity contribution is 0.245. The third kappa shape index (κ3) is 4.67. The Labute approximate surface area is 211 Å². The highest BCUT2D eigenvalue weighted by Crippen LogP contribution is 2.50. The van der Waals surface area contributed by atoms with E-state index in [9.17, 15) is 13.2 Å². The highest BCUT2D eigenvalue weighted by molar-refractivity contribution is 7.90. The summed E-state index contributed by atoms with van der Waals surface area (Å²) in [5.74, 6) is 1.17. The molecule has 1 fully saturated rings. The van der Waals surface area contributed by atoms with Gasteiger partial charge in [-0.15, -0.1) is 0 Å². The molecule has 3 heterocycles. The van der Waals surface area contributed by atoms with Crippen LogP contribution in [0, 0.1) is 13.8 Å². The number of urea groups is 1. The minimum atomic E-state index is -3.25. The predicted octanol–water partition coefficient (Wildman–Crippen LogP) is 4.83. The van der Waals surface area contributed by atoms with Crippen LogP contribution in [0.2, 0.25) is 0 Å². The van der Waals surface area contributed by atoms with E-state index in [1.165, 1.54) is 6.26 Å². The molecule has 1 saturated carbocycles. The molecule has 188 valence electrons. The number of carbonyl (C=O) groups excluding carboxylic acids is 1. The number of hydrogen-bond acceptors (Lipinski definition) is 6. The molecular weight excluding hydrogens is 476 g/mol. The monoisotopic (exact) mass is 506 g/mol. The third-order valence-corrected chi connectivity index (χ3v) is 8.25. The van der Waals surface area contributed by atoms with E-state index < -0.39 is 9.84 Å². The lowest BCUT2D eigenvalue weighted by Gasteiger charge is -2.24. The number of hydrogen-bond donors (Lipinski definition) is 1. The van der Waals surface area contributed by atoms with Gasteiger partial charge in [-0.2, -0.15) is 0 Å². The van der Waals surface area contributed by atoms with Crippen LogP contribution in [0.1, 0.15) is 48.2 Å². The average Bonchev–Trinajstić information content (AvgIpc) is 3.44. The van der Waals surface area contributed by atoms with Crippen LogP contribution in [0.5, 0.6) is 11.6 Å². The Hall–Kier alpha value is -3.46. The number of amides is 2. The molecule has 0 unspecified atom stereocenters. The van der Waals surface area contributed by atoms with Crippen molar-refractivity contribution in [2.45, 2.75) is 56.4 Å². The molecule has 36 heavy (non-hydrogen) atoms. The smallest absolute Gasteiger partial charge is 0.322 e. The average molecular weight is 507 g/mol. The van der Waals surface area contributed by atoms with Gasteiger partial charge in [-0.25, -0.2) is 18.2 Å². The van der Waals surface area contributed by atoms with Gasteiger partial charge in [0.05, 0.1) is 22.5 Å². The second-order valence-corrected chi connectivity index (χ2v) is 11.9. The van der Waals surface area contributed by atoms with Crippen LogP contribution in [0.4, 0.5) is 10.5 Å². The van der Waals surface area contributed by atoms with Gasteiger partial charge in [0.15, 0.2) is 15.6 Å². The molecule has 2 aliphatic rings. The summed E-state index contributed by atoms with van der Waals surface area (Å²) in [4.78, 5) is 24.5. The van der Waals surface area contributed by atoms with Gasteiger partial charge in [-0.05, 0) is 62.1 Å². The molecule has 2 aromatic heterocycles. The maximum absolute atomic E-state index is 13.3. The van der Waals surface area contributed by atoms with E-state index in [1.807, 2.05) is 26.0 Å². The van der Waals surface area contributed by atoms with Crippen molar-refractivity contribution < 1.29 is 17.9 Å². The SMILES string of the molecule is Cc1cc(C)c(Oc2ccc3c(n2)C2(CCCC2)CN3C(=O)NCc2ccc(S(C)(=O)=O)cc2)cn1. The van der Waals surface area contributed by atoms with Crippen LogP contribution < -0.4 is 15.0 Å². The first-order valence-corrected chi connectivity index (χ1v) is 14.0. The summed E-state index contributed by atoms with van der Waals surface area (Å²) in [5.41, 5.74) is 4.32. The Morgan fingerprint density at radius 2 is 1.83 bits per heavy atom. The van der Waals surface area contributed by atoms with E-state index in [-0.39, 0.29) is 16.3 Å². The van der Waals surface area contributed by atoms with Gasteiger partial charge in [0, 0.05) is 36.5 Å². The Morgan fingerprint density at radius 1 is 1.11 bits per heavy atom. The number of ether oxygens (including phenoxy) is 1. The van der Waals surface area contributed by atoms with E-state index in [1.54, 1.807) is 41.4 Å². The zero-order chi connectivity index (χ0) is 25.5. The van der Waals surface area contributed by atoms with Gasteiger partial charge in [0.2, 0.25) is 5.88 Å². The number of pyridine rings is 2. The maximum atomic E-state index is 13.3. The van der Waals surface area contributed by atoms with Crippen molar-refractivity contribution in [2.75, 3.05) is 17.7 Å². The molecule has 0 radical (unpaired) electrons. The Morgan fingerprint density at radius 3 is 2.50 bits per heavy atom. The quantitative estimate of drug-likeness (QED) is 0.532.